The fraction of sp³-hybridized carbons (Fsp3) is 0. The molecule has 6 nitrogen and oxygen atoms in total. The first kappa shape index (κ1) is 26.5. The van der Waals surface area contributed by atoms with Gasteiger partial charge < -0.3 is 9.13 Å². The molecular formula is C40H20N6. The molecular weight excluding hydrogens is 564 g/mol. The molecule has 6 heteroatoms. The SMILES string of the molecule is [C-]#[N+]c1ccc2c(c1)c1ccccc1n2-c1ccc(C#N)cc1-c1cc(C#N)ccc1-n1c2ccccc2c2cc(C#N)ccc21. The lowest BCUT2D eigenvalue weighted by Gasteiger charge is -2.19. The van der Waals surface area contributed by atoms with Crippen molar-refractivity contribution in [2.75, 3.05) is 0 Å². The van der Waals surface area contributed by atoms with Crippen LogP contribution in [-0.4, -0.2) is 9.13 Å². The summed E-state index contributed by atoms with van der Waals surface area (Å²) in [6.07, 6.45) is 0. The fourth-order valence-electron chi connectivity index (χ4n) is 6.62. The van der Waals surface area contributed by atoms with Crippen LogP contribution < -0.4 is 0 Å². The summed E-state index contributed by atoms with van der Waals surface area (Å²) in [5.41, 5.74) is 9.12. The van der Waals surface area contributed by atoms with Gasteiger partial charge in [0.15, 0.2) is 5.69 Å². The van der Waals surface area contributed by atoms with Gasteiger partial charge in [0.25, 0.3) is 0 Å². The largest absolute Gasteiger partial charge is 0.309 e. The van der Waals surface area contributed by atoms with Gasteiger partial charge in [0, 0.05) is 27.3 Å². The highest BCUT2D eigenvalue weighted by Crippen LogP contribution is 2.42. The molecule has 0 aliphatic heterocycles. The summed E-state index contributed by atoms with van der Waals surface area (Å²) < 4.78 is 4.34. The van der Waals surface area contributed by atoms with Crippen LogP contribution >= 0.6 is 0 Å². The summed E-state index contributed by atoms with van der Waals surface area (Å²) in [6.45, 7) is 7.60. The molecule has 0 aliphatic carbocycles. The average molecular weight is 585 g/mol. The van der Waals surface area contributed by atoms with E-state index in [-0.39, 0.29) is 0 Å². The Labute approximate surface area is 263 Å². The third kappa shape index (κ3) is 3.86. The Morgan fingerprint density at radius 2 is 0.891 bits per heavy atom. The molecule has 8 rings (SSSR count). The van der Waals surface area contributed by atoms with Crippen LogP contribution in [0.25, 0.3) is 71.0 Å². The molecule has 0 bridgehead atoms. The molecule has 0 atom stereocenters. The third-order valence-electron chi connectivity index (χ3n) is 8.61. The molecule has 0 fully saturated rings. The second-order valence-corrected chi connectivity index (χ2v) is 11.0. The van der Waals surface area contributed by atoms with Crippen LogP contribution in [-0.2, 0) is 0 Å². The monoisotopic (exact) mass is 584 g/mol. The van der Waals surface area contributed by atoms with Crippen molar-refractivity contribution in [1.29, 1.82) is 15.8 Å². The first-order valence-electron chi connectivity index (χ1n) is 14.6. The van der Waals surface area contributed by atoms with Crippen LogP contribution in [0.1, 0.15) is 16.7 Å². The lowest BCUT2D eigenvalue weighted by molar-refractivity contribution is 1.16. The maximum Gasteiger partial charge on any atom is 0.188 e. The predicted molar refractivity (Wildman–Crippen MR) is 181 cm³/mol. The maximum absolute atomic E-state index is 10.0. The van der Waals surface area contributed by atoms with Gasteiger partial charge in [0.05, 0.1) is 74.9 Å². The molecule has 0 saturated carbocycles. The Hall–Kier alpha value is -7.12. The molecule has 0 saturated heterocycles. The Morgan fingerprint density at radius 1 is 0.457 bits per heavy atom. The van der Waals surface area contributed by atoms with Gasteiger partial charge in [-0.05, 0) is 84.2 Å². The topological polar surface area (TPSA) is 85.6 Å². The van der Waals surface area contributed by atoms with E-state index in [9.17, 15) is 15.8 Å². The zero-order chi connectivity index (χ0) is 31.4. The molecule has 2 heterocycles. The molecule has 0 spiro atoms. The normalized spacial score (nSPS) is 11.0. The van der Waals surface area contributed by atoms with Crippen molar-refractivity contribution in [2.45, 2.75) is 0 Å². The van der Waals surface area contributed by atoms with Gasteiger partial charge in [-0.25, -0.2) is 4.85 Å². The third-order valence-corrected chi connectivity index (χ3v) is 8.61. The summed E-state index contributed by atoms with van der Waals surface area (Å²) in [5, 5.41) is 33.7. The second-order valence-electron chi connectivity index (χ2n) is 11.0. The fourth-order valence-corrected chi connectivity index (χ4v) is 6.62. The van der Waals surface area contributed by atoms with Crippen LogP contribution in [0.3, 0.4) is 0 Å². The van der Waals surface area contributed by atoms with E-state index in [4.69, 9.17) is 6.57 Å². The lowest BCUT2D eigenvalue weighted by Crippen LogP contribution is -2.02. The molecule has 0 amide bonds. The van der Waals surface area contributed by atoms with Crippen LogP contribution in [0.2, 0.25) is 0 Å². The van der Waals surface area contributed by atoms with Crippen molar-refractivity contribution in [3.05, 3.63) is 149 Å². The predicted octanol–water partition coefficient (Wildman–Crippen LogP) is 9.71. The van der Waals surface area contributed by atoms with Gasteiger partial charge >= 0.3 is 0 Å². The molecule has 2 aromatic heterocycles. The van der Waals surface area contributed by atoms with Crippen molar-refractivity contribution < 1.29 is 0 Å². The van der Waals surface area contributed by atoms with Crippen LogP contribution in [0.15, 0.2) is 121 Å². The Kier molecular flexibility index (Phi) is 5.91. The molecule has 8 aromatic rings. The van der Waals surface area contributed by atoms with Crippen molar-refractivity contribution in [1.82, 2.24) is 9.13 Å². The summed E-state index contributed by atoms with van der Waals surface area (Å²) >= 11 is 0. The molecule has 0 aliphatic rings. The lowest BCUT2D eigenvalue weighted by atomic mass is 9.97. The molecule has 46 heavy (non-hydrogen) atoms. The maximum atomic E-state index is 10.0. The minimum Gasteiger partial charge on any atom is -0.309 e. The average Bonchev–Trinajstić information content (AvgIpc) is 3.63. The number of benzene rings is 6. The smallest absolute Gasteiger partial charge is 0.188 e. The zero-order valence-electron chi connectivity index (χ0n) is 24.2. The molecule has 0 unspecified atom stereocenters. The number of aromatic nitrogens is 2. The summed E-state index contributed by atoms with van der Waals surface area (Å²) in [7, 11) is 0. The number of rotatable bonds is 3. The number of hydrogen-bond acceptors (Lipinski definition) is 3. The van der Waals surface area contributed by atoms with Gasteiger partial charge in [-0.15, -0.1) is 0 Å². The van der Waals surface area contributed by atoms with E-state index in [0.717, 1.165) is 66.1 Å². The van der Waals surface area contributed by atoms with E-state index in [1.807, 2.05) is 97.1 Å². The Bertz CT molecular complexity index is 2560. The highest BCUT2D eigenvalue weighted by Gasteiger charge is 2.21. The van der Waals surface area contributed by atoms with Crippen molar-refractivity contribution >= 4 is 49.3 Å². The van der Waals surface area contributed by atoms with E-state index in [0.29, 0.717) is 22.4 Å². The van der Waals surface area contributed by atoms with E-state index in [2.05, 4.69) is 56.5 Å². The van der Waals surface area contributed by atoms with Gasteiger partial charge in [-0.3, -0.25) is 0 Å². The molecule has 210 valence electrons. The first-order chi connectivity index (χ1) is 22.6. The van der Waals surface area contributed by atoms with Gasteiger partial charge in [0.2, 0.25) is 0 Å². The minimum absolute atomic E-state index is 0.489. The standard InChI is InChI=1S/C40H20N6/c1-44-28-13-17-40-34(21-28)30-7-3-5-9-36(30)46(40)39-16-12-27(24-43)20-33(39)32-19-26(23-42)11-15-38(32)45-35-8-4-2-6-29(35)31-18-25(22-41)10-14-37(31)45/h2-21H. The van der Waals surface area contributed by atoms with Gasteiger partial charge in [0.1, 0.15) is 0 Å². The summed E-state index contributed by atoms with van der Waals surface area (Å²) in [4.78, 5) is 3.67. The second kappa shape index (κ2) is 10.3. The summed E-state index contributed by atoms with van der Waals surface area (Å²) in [5.74, 6) is 0. The molecule has 6 aromatic carbocycles. The van der Waals surface area contributed by atoms with E-state index in [1.54, 1.807) is 0 Å². The van der Waals surface area contributed by atoms with Crippen molar-refractivity contribution in [3.63, 3.8) is 0 Å². The van der Waals surface area contributed by atoms with Crippen LogP contribution in [0.4, 0.5) is 5.69 Å². The quantitative estimate of drug-likeness (QED) is 0.194. The van der Waals surface area contributed by atoms with E-state index < -0.39 is 0 Å². The zero-order valence-corrected chi connectivity index (χ0v) is 24.2. The first-order valence-corrected chi connectivity index (χ1v) is 14.6. The highest BCUT2D eigenvalue weighted by molar-refractivity contribution is 6.12. The number of nitriles is 3. The summed E-state index contributed by atoms with van der Waals surface area (Å²) in [6, 6.07) is 45.7. The minimum atomic E-state index is 0.489. The molecule has 0 N–H and O–H groups in total. The van der Waals surface area contributed by atoms with E-state index in [1.165, 1.54) is 0 Å². The number of hydrogen-bond donors (Lipinski definition) is 0. The van der Waals surface area contributed by atoms with Gasteiger partial charge in [-0.2, -0.15) is 15.8 Å². The Morgan fingerprint density at radius 3 is 1.41 bits per heavy atom. The van der Waals surface area contributed by atoms with Crippen molar-refractivity contribution in [3.8, 4) is 40.7 Å². The van der Waals surface area contributed by atoms with E-state index >= 15 is 0 Å². The van der Waals surface area contributed by atoms with Crippen LogP contribution in [0, 0.1) is 40.6 Å². The molecule has 0 radical (unpaired) electrons. The van der Waals surface area contributed by atoms with Crippen molar-refractivity contribution in [2.24, 2.45) is 0 Å². The van der Waals surface area contributed by atoms with Crippen LogP contribution in [0.5, 0.6) is 0 Å². The number of nitrogens with zero attached hydrogens (tertiary/aromatic N) is 6. The highest BCUT2D eigenvalue weighted by atomic mass is 15.0. The van der Waals surface area contributed by atoms with Gasteiger partial charge in [-0.1, -0.05) is 42.5 Å². The Balaban J connectivity index is 1.51. The number of fused-ring (bicyclic) bond motifs is 6. The number of para-hydroxylation sites is 2.